The Labute approximate surface area is 187 Å². The Kier molecular flexibility index (Phi) is 5.74. The Morgan fingerprint density at radius 3 is 1.31 bits per heavy atom. The van der Waals surface area contributed by atoms with E-state index < -0.39 is 26.8 Å². The molecule has 0 aliphatic heterocycles. The third kappa shape index (κ3) is 3.87. The summed E-state index contributed by atoms with van der Waals surface area (Å²) in [5.74, 6) is 0. The van der Waals surface area contributed by atoms with Crippen molar-refractivity contribution >= 4 is 25.1 Å². The van der Waals surface area contributed by atoms with Gasteiger partial charge in [0.2, 0.25) is 0 Å². The van der Waals surface area contributed by atoms with Crippen LogP contribution in [-0.4, -0.2) is 12.3 Å². The van der Waals surface area contributed by atoms with Crippen LogP contribution in [0.25, 0.3) is 0 Å². The number of hydrogen-bond donors (Lipinski definition) is 0. The van der Waals surface area contributed by atoms with Crippen molar-refractivity contribution in [2.75, 3.05) is 12.3 Å². The maximum absolute atomic E-state index is 16.9. The molecule has 0 amide bonds. The summed E-state index contributed by atoms with van der Waals surface area (Å²) in [6.45, 7) is 0. The number of rotatable bonds is 7. The zero-order chi connectivity index (χ0) is 22.8. The van der Waals surface area contributed by atoms with Gasteiger partial charge in [0.25, 0.3) is 0 Å². The van der Waals surface area contributed by atoms with Crippen LogP contribution in [0.2, 0.25) is 0 Å². The molecule has 6 heteroatoms. The van der Waals surface area contributed by atoms with E-state index in [4.69, 9.17) is 0 Å². The third-order valence-corrected chi connectivity index (χ3v) is 15.0. The second-order valence-electron chi connectivity index (χ2n) is 8.35. The van der Waals surface area contributed by atoms with Gasteiger partial charge in [-0.1, -0.05) is 0 Å². The van der Waals surface area contributed by atoms with Crippen molar-refractivity contribution < 1.29 is 16.8 Å². The zero-order valence-electron chi connectivity index (χ0n) is 17.5. The first-order valence-electron chi connectivity index (χ1n) is 10.6. The van der Waals surface area contributed by atoms with Gasteiger partial charge >= 0.3 is 188 Å². The quantitative estimate of drug-likeness (QED) is 0.221. The predicted octanol–water partition coefficient (Wildman–Crippen LogP) is 7.47. The molecule has 2 aromatic carbocycles. The van der Waals surface area contributed by atoms with Crippen LogP contribution in [0.4, 0.5) is 16.8 Å². The van der Waals surface area contributed by atoms with Crippen molar-refractivity contribution in [1.29, 1.82) is 0 Å². The fourth-order valence-corrected chi connectivity index (χ4v) is 13.1. The van der Waals surface area contributed by atoms with Gasteiger partial charge in [0.15, 0.2) is 0 Å². The molecule has 0 spiro atoms. The minimum atomic E-state index is -6.19. The zero-order valence-corrected chi connectivity index (χ0v) is 19.5. The Hall–Kier alpha value is -2.54. The summed E-state index contributed by atoms with van der Waals surface area (Å²) >= 11 is 0. The average Bonchev–Trinajstić information content (AvgIpc) is 2.86. The van der Waals surface area contributed by atoms with Crippen molar-refractivity contribution in [2.24, 2.45) is 0 Å². The van der Waals surface area contributed by atoms with Crippen molar-refractivity contribution in [1.82, 2.24) is 0 Å². The SMILES string of the molecule is F[PH-](F)(CC[PH-](F)(F)([C+]1C=C[CH+]C=C1)[C+]1C=C[CH+]C=C1)(c1ccccc1)c1ccccc1. The second-order valence-corrected chi connectivity index (χ2v) is 16.4. The van der Waals surface area contributed by atoms with Crippen LogP contribution in [0.3, 0.4) is 0 Å². The molecule has 0 unspecified atom stereocenters. The average molecular weight is 476 g/mol. The van der Waals surface area contributed by atoms with E-state index in [0.29, 0.717) is 0 Å². The molecule has 166 valence electrons. The molecule has 0 heterocycles. The molecular formula is C26H26F4P2+2. The van der Waals surface area contributed by atoms with Crippen LogP contribution in [0.1, 0.15) is 0 Å². The van der Waals surface area contributed by atoms with Crippen LogP contribution in [0.15, 0.2) is 109 Å². The first kappa shape index (κ1) is 22.6. The van der Waals surface area contributed by atoms with E-state index in [1.807, 2.05) is 0 Å². The molecule has 0 bridgehead atoms. The van der Waals surface area contributed by atoms with Crippen molar-refractivity contribution in [3.8, 4) is 0 Å². The third-order valence-electron chi connectivity index (χ3n) is 6.36. The van der Waals surface area contributed by atoms with Crippen molar-refractivity contribution in [2.45, 2.75) is 0 Å². The van der Waals surface area contributed by atoms with Gasteiger partial charge in [-0.2, -0.15) is 0 Å². The molecule has 0 saturated carbocycles. The molecule has 2 aliphatic rings. The van der Waals surface area contributed by atoms with Gasteiger partial charge in [-0.05, 0) is 0 Å². The molecule has 0 fully saturated rings. The summed E-state index contributed by atoms with van der Waals surface area (Å²) in [6.07, 6.45) is 13.3. The first-order chi connectivity index (χ1) is 15.2. The standard InChI is InChI=1S/C26H26F4P2/c27-31(28,23-13-5-1-6-14-23,24-15-7-2-8-16-24)21-22-32(29,30,25-17-9-3-10-18-25)26-19-11-4-12-20-26/h1-20,31-32H,21-22H2/q+2. The van der Waals surface area contributed by atoms with Crippen LogP contribution >= 0.6 is 14.4 Å². The van der Waals surface area contributed by atoms with Gasteiger partial charge in [0.1, 0.15) is 0 Å². The van der Waals surface area contributed by atoms with Crippen molar-refractivity contribution in [3.05, 3.63) is 133 Å². The van der Waals surface area contributed by atoms with Gasteiger partial charge in [-0.15, -0.1) is 0 Å². The molecule has 0 N–H and O–H groups in total. The number of allylic oxidation sites excluding steroid dienone is 8. The summed E-state index contributed by atoms with van der Waals surface area (Å²) in [7, 11) is -12.4. The molecule has 4 rings (SSSR count). The summed E-state index contributed by atoms with van der Waals surface area (Å²) < 4.78 is 67.4. The maximum atomic E-state index is 16.9. The molecule has 0 saturated heterocycles. The summed E-state index contributed by atoms with van der Waals surface area (Å²) in [6, 6.07) is 15.0. The second kappa shape index (κ2) is 8.10. The number of benzene rings is 2. The van der Waals surface area contributed by atoms with Gasteiger partial charge < -0.3 is 0 Å². The molecule has 32 heavy (non-hydrogen) atoms. The van der Waals surface area contributed by atoms with Crippen molar-refractivity contribution in [3.63, 3.8) is 0 Å². The molecule has 0 aromatic heterocycles. The predicted molar refractivity (Wildman–Crippen MR) is 135 cm³/mol. The van der Waals surface area contributed by atoms with Gasteiger partial charge in [0.05, 0.1) is 0 Å². The Morgan fingerprint density at radius 2 is 0.938 bits per heavy atom. The van der Waals surface area contributed by atoms with E-state index in [1.54, 1.807) is 73.5 Å². The fraction of sp³-hybridized carbons (Fsp3) is 0.0769. The van der Waals surface area contributed by atoms with Crippen LogP contribution in [0, 0.1) is 24.2 Å². The molecule has 0 atom stereocenters. The minimum absolute atomic E-state index is 0.137. The monoisotopic (exact) mass is 476 g/mol. The van der Waals surface area contributed by atoms with Gasteiger partial charge in [0, 0.05) is 0 Å². The van der Waals surface area contributed by atoms with E-state index in [-0.39, 0.29) is 21.9 Å². The van der Waals surface area contributed by atoms with E-state index >= 15 is 16.8 Å². The van der Waals surface area contributed by atoms with Crippen LogP contribution in [0.5, 0.6) is 0 Å². The number of halogens is 4. The van der Waals surface area contributed by atoms with E-state index in [2.05, 4.69) is 0 Å². The summed E-state index contributed by atoms with van der Waals surface area (Å²) in [5.41, 5.74) is -0.274. The molecular weight excluding hydrogens is 450 g/mol. The molecule has 2 aliphatic carbocycles. The van der Waals surface area contributed by atoms with E-state index in [0.717, 1.165) is 0 Å². The van der Waals surface area contributed by atoms with Crippen LogP contribution in [-0.2, 0) is 0 Å². The normalized spacial score (nSPS) is 18.2. The van der Waals surface area contributed by atoms with Gasteiger partial charge in [-0.25, -0.2) is 0 Å². The molecule has 2 aromatic rings. The summed E-state index contributed by atoms with van der Waals surface area (Å²) in [5, 5.41) is -0.274. The van der Waals surface area contributed by atoms with E-state index in [9.17, 15) is 0 Å². The number of hydrogen-bond acceptors (Lipinski definition) is 0. The fourth-order valence-electron chi connectivity index (χ4n) is 4.41. The van der Waals surface area contributed by atoms with E-state index in [1.165, 1.54) is 48.6 Å². The molecule has 0 nitrogen and oxygen atoms in total. The van der Waals surface area contributed by atoms with Gasteiger partial charge in [-0.3, -0.25) is 0 Å². The Morgan fingerprint density at radius 1 is 0.562 bits per heavy atom. The summed E-state index contributed by atoms with van der Waals surface area (Å²) in [4.78, 5) is 0. The molecule has 0 radical (unpaired) electrons. The Bertz CT molecular complexity index is 970. The topological polar surface area (TPSA) is 0 Å². The van der Waals surface area contributed by atoms with Crippen LogP contribution < -0.4 is 10.6 Å². The first-order valence-corrected chi connectivity index (χ1v) is 15.5. The Balaban J connectivity index is 1.81.